The summed E-state index contributed by atoms with van der Waals surface area (Å²) in [5.41, 5.74) is 0.551. The quantitative estimate of drug-likeness (QED) is 0.782. The molecule has 0 radical (unpaired) electrons. The van der Waals surface area contributed by atoms with Crippen LogP contribution in [0.3, 0.4) is 0 Å². The van der Waals surface area contributed by atoms with Crippen molar-refractivity contribution in [3.05, 3.63) is 64.4 Å². The summed E-state index contributed by atoms with van der Waals surface area (Å²) in [4.78, 5) is 26.0. The Kier molecular flexibility index (Phi) is 5.70. The van der Waals surface area contributed by atoms with E-state index in [1.165, 1.54) is 0 Å². The molecule has 1 unspecified atom stereocenters. The molecule has 0 saturated carbocycles. The van der Waals surface area contributed by atoms with Gasteiger partial charge in [-0.15, -0.1) is 0 Å². The van der Waals surface area contributed by atoms with E-state index in [4.69, 9.17) is 11.6 Å². The van der Waals surface area contributed by atoms with E-state index in [1.54, 1.807) is 17.0 Å². The maximum atomic E-state index is 13.7. The fraction of sp³-hybridized carbons (Fsp3) is 0.263. The van der Waals surface area contributed by atoms with Crippen molar-refractivity contribution in [3.63, 3.8) is 0 Å². The predicted molar refractivity (Wildman–Crippen MR) is 94.8 cm³/mol. The van der Waals surface area contributed by atoms with E-state index in [1.807, 2.05) is 12.1 Å². The average Bonchev–Trinajstić information content (AvgIpc) is 3.02. The van der Waals surface area contributed by atoms with Crippen LogP contribution in [0.2, 0.25) is 5.02 Å². The van der Waals surface area contributed by atoms with Crippen LogP contribution in [0.15, 0.2) is 36.4 Å². The molecule has 27 heavy (non-hydrogen) atoms. The Balaban J connectivity index is 1.58. The molecule has 1 aliphatic heterocycles. The van der Waals surface area contributed by atoms with Gasteiger partial charge in [-0.3, -0.25) is 9.59 Å². The van der Waals surface area contributed by atoms with Crippen molar-refractivity contribution >= 4 is 29.1 Å². The molecule has 2 amide bonds. The summed E-state index contributed by atoms with van der Waals surface area (Å²) in [5, 5.41) is 2.85. The van der Waals surface area contributed by atoms with Gasteiger partial charge in [-0.1, -0.05) is 23.7 Å². The van der Waals surface area contributed by atoms with Gasteiger partial charge in [-0.05, 0) is 36.2 Å². The largest absolute Gasteiger partial charge is 0.342 e. The molecule has 142 valence electrons. The number of likely N-dealkylation sites (tertiary alicyclic amines) is 1. The molecule has 0 aliphatic carbocycles. The van der Waals surface area contributed by atoms with Gasteiger partial charge in [0.05, 0.1) is 11.6 Å². The van der Waals surface area contributed by atoms with Crippen LogP contribution in [0.5, 0.6) is 0 Å². The third kappa shape index (κ3) is 4.42. The number of rotatable bonds is 5. The zero-order valence-corrected chi connectivity index (χ0v) is 14.9. The lowest BCUT2D eigenvalue weighted by atomic mass is 10.1. The van der Waals surface area contributed by atoms with Crippen molar-refractivity contribution < 1.29 is 22.8 Å². The zero-order chi connectivity index (χ0) is 19.6. The Labute approximate surface area is 158 Å². The second kappa shape index (κ2) is 8.00. The number of nitrogens with zero attached hydrogens (tertiary/aromatic N) is 1. The minimum Gasteiger partial charge on any atom is -0.342 e. The van der Waals surface area contributed by atoms with Gasteiger partial charge in [-0.2, -0.15) is 0 Å². The molecule has 4 nitrogen and oxygen atoms in total. The van der Waals surface area contributed by atoms with Crippen LogP contribution < -0.4 is 5.32 Å². The molecule has 1 fully saturated rings. The van der Waals surface area contributed by atoms with Crippen molar-refractivity contribution in [2.24, 2.45) is 5.92 Å². The first-order chi connectivity index (χ1) is 12.8. The van der Waals surface area contributed by atoms with Gasteiger partial charge in [0.25, 0.3) is 0 Å². The van der Waals surface area contributed by atoms with Gasteiger partial charge >= 0.3 is 0 Å². The molecule has 0 aromatic heterocycles. The first kappa shape index (κ1) is 19.2. The molecule has 1 heterocycles. The number of hydrogen-bond donors (Lipinski definition) is 1. The Morgan fingerprint density at radius 3 is 2.52 bits per heavy atom. The molecule has 1 N–H and O–H groups in total. The molecule has 1 aliphatic rings. The molecule has 0 bridgehead atoms. The third-order valence-corrected chi connectivity index (χ3v) is 4.71. The molecule has 8 heteroatoms. The number of benzene rings is 2. The molecular formula is C19H16ClF3N2O2. The third-order valence-electron chi connectivity index (χ3n) is 4.46. The molecule has 0 spiro atoms. The zero-order valence-electron chi connectivity index (χ0n) is 14.1. The highest BCUT2D eigenvalue weighted by molar-refractivity contribution is 6.30. The first-order valence-electron chi connectivity index (χ1n) is 8.31. The van der Waals surface area contributed by atoms with Crippen molar-refractivity contribution in [2.75, 3.05) is 18.4 Å². The number of amides is 2. The molecule has 1 saturated heterocycles. The van der Waals surface area contributed by atoms with E-state index < -0.39 is 35.0 Å². The Bertz CT molecular complexity index is 874. The maximum absolute atomic E-state index is 13.7. The van der Waals surface area contributed by atoms with Gasteiger partial charge in [0.1, 0.15) is 0 Å². The lowest BCUT2D eigenvalue weighted by Gasteiger charge is -2.17. The van der Waals surface area contributed by atoms with Crippen molar-refractivity contribution in [1.82, 2.24) is 4.90 Å². The SMILES string of the molecule is O=C(Nc1ccc(F)c(F)c1F)C1CC(=O)N(CCc2ccc(Cl)cc2)C1. The Hall–Kier alpha value is -2.54. The van der Waals surface area contributed by atoms with E-state index in [9.17, 15) is 22.8 Å². The first-order valence-corrected chi connectivity index (χ1v) is 8.69. The highest BCUT2D eigenvalue weighted by Crippen LogP contribution is 2.23. The van der Waals surface area contributed by atoms with Gasteiger partial charge in [0.2, 0.25) is 11.8 Å². The number of halogens is 4. The van der Waals surface area contributed by atoms with E-state index >= 15 is 0 Å². The Morgan fingerprint density at radius 2 is 1.81 bits per heavy atom. The van der Waals surface area contributed by atoms with Gasteiger partial charge in [0.15, 0.2) is 17.5 Å². The lowest BCUT2D eigenvalue weighted by molar-refractivity contribution is -0.128. The van der Waals surface area contributed by atoms with Crippen molar-refractivity contribution in [2.45, 2.75) is 12.8 Å². The van der Waals surface area contributed by atoms with Crippen molar-refractivity contribution in [1.29, 1.82) is 0 Å². The second-order valence-corrected chi connectivity index (χ2v) is 6.77. The number of carbonyl (C=O) groups excluding carboxylic acids is 2. The molecule has 2 aromatic carbocycles. The van der Waals surface area contributed by atoms with Crippen LogP contribution in [-0.2, 0) is 16.0 Å². The summed E-state index contributed by atoms with van der Waals surface area (Å²) in [6.45, 7) is 0.618. The van der Waals surface area contributed by atoms with Crippen LogP contribution in [0, 0.1) is 23.4 Å². The predicted octanol–water partition coefficient (Wildman–Crippen LogP) is 3.79. The van der Waals surface area contributed by atoms with E-state index in [0.29, 0.717) is 18.0 Å². The molecule has 3 rings (SSSR count). The fourth-order valence-corrected chi connectivity index (χ4v) is 3.06. The summed E-state index contributed by atoms with van der Waals surface area (Å²) >= 11 is 5.83. The van der Waals surface area contributed by atoms with Gasteiger partial charge in [-0.25, -0.2) is 13.2 Å². The topological polar surface area (TPSA) is 49.4 Å². The standard InChI is InChI=1S/C19H16ClF3N2O2/c20-13-3-1-11(2-4-13)7-8-25-10-12(9-16(25)26)19(27)24-15-6-5-14(21)17(22)18(15)23/h1-6,12H,7-10H2,(H,24,27). The smallest absolute Gasteiger partial charge is 0.229 e. The van der Waals surface area contributed by atoms with Gasteiger partial charge in [0, 0.05) is 24.5 Å². The maximum Gasteiger partial charge on any atom is 0.229 e. The van der Waals surface area contributed by atoms with Crippen LogP contribution in [0.1, 0.15) is 12.0 Å². The molecule has 2 aromatic rings. The molecular weight excluding hydrogens is 381 g/mol. The van der Waals surface area contributed by atoms with E-state index in [0.717, 1.165) is 17.7 Å². The van der Waals surface area contributed by atoms with Crippen LogP contribution >= 0.6 is 11.6 Å². The number of anilines is 1. The fourth-order valence-electron chi connectivity index (χ4n) is 2.94. The van der Waals surface area contributed by atoms with E-state index in [-0.39, 0.29) is 18.9 Å². The second-order valence-electron chi connectivity index (χ2n) is 6.33. The minimum absolute atomic E-state index is 0.0161. The van der Waals surface area contributed by atoms with Crippen molar-refractivity contribution in [3.8, 4) is 0 Å². The van der Waals surface area contributed by atoms with Crippen LogP contribution in [-0.4, -0.2) is 29.8 Å². The normalized spacial score (nSPS) is 16.7. The van der Waals surface area contributed by atoms with Gasteiger partial charge < -0.3 is 10.2 Å². The Morgan fingerprint density at radius 1 is 1.11 bits per heavy atom. The minimum atomic E-state index is -1.65. The number of carbonyl (C=O) groups is 2. The number of hydrogen-bond acceptors (Lipinski definition) is 2. The summed E-state index contributed by atoms with van der Waals surface area (Å²) in [5.74, 6) is -5.94. The van der Waals surface area contributed by atoms with Crippen LogP contribution in [0.25, 0.3) is 0 Å². The highest BCUT2D eigenvalue weighted by Gasteiger charge is 2.34. The molecule has 1 atom stereocenters. The summed E-state index contributed by atoms with van der Waals surface area (Å²) in [7, 11) is 0. The summed E-state index contributed by atoms with van der Waals surface area (Å²) < 4.78 is 39.9. The monoisotopic (exact) mass is 396 g/mol. The lowest BCUT2D eigenvalue weighted by Crippen LogP contribution is -2.30. The summed E-state index contributed by atoms with van der Waals surface area (Å²) in [6.07, 6.45) is 0.590. The summed E-state index contributed by atoms with van der Waals surface area (Å²) in [6, 6.07) is 8.91. The van der Waals surface area contributed by atoms with Crippen LogP contribution in [0.4, 0.5) is 18.9 Å². The average molecular weight is 397 g/mol. The number of nitrogens with one attached hydrogen (secondary N) is 1. The highest BCUT2D eigenvalue weighted by atomic mass is 35.5. The van der Waals surface area contributed by atoms with E-state index in [2.05, 4.69) is 5.32 Å².